The maximum Gasteiger partial charge on any atom is 0.143 e. The van der Waals surface area contributed by atoms with E-state index in [2.05, 4.69) is 26.0 Å². The monoisotopic (exact) mass is 363 g/mol. The molecule has 0 amide bonds. The molecule has 134 valence electrons. The number of nitriles is 1. The minimum absolute atomic E-state index is 0.573. The second kappa shape index (κ2) is 7.77. The van der Waals surface area contributed by atoms with Crippen LogP contribution in [0.1, 0.15) is 28.1 Å². The van der Waals surface area contributed by atoms with E-state index in [4.69, 9.17) is 0 Å². The standard InChI is InChI=1S/C23H17N5/c24-15-19-6-1-5-18(13-19)14-23(20-7-2-9-25-16-20,21-8-3-10-26-17-21)22-27-11-4-12-28-22/h1-13,16-17H,14H2. The van der Waals surface area contributed by atoms with E-state index in [1.54, 1.807) is 36.9 Å². The maximum absolute atomic E-state index is 9.32. The molecular weight excluding hydrogens is 346 g/mol. The number of nitrogens with zero attached hydrogens (tertiary/aromatic N) is 5. The maximum atomic E-state index is 9.32. The highest BCUT2D eigenvalue weighted by molar-refractivity contribution is 5.47. The van der Waals surface area contributed by atoms with E-state index in [9.17, 15) is 5.26 Å². The van der Waals surface area contributed by atoms with Gasteiger partial charge in [-0.3, -0.25) is 9.97 Å². The third-order valence-electron chi connectivity index (χ3n) is 4.78. The van der Waals surface area contributed by atoms with Crippen LogP contribution in [0.3, 0.4) is 0 Å². The first-order valence-electron chi connectivity index (χ1n) is 8.90. The largest absolute Gasteiger partial charge is 0.264 e. The zero-order valence-electron chi connectivity index (χ0n) is 15.1. The molecule has 4 aromatic rings. The molecule has 0 spiro atoms. The van der Waals surface area contributed by atoms with Crippen LogP contribution in [0.2, 0.25) is 0 Å². The Kier molecular flexibility index (Phi) is 4.85. The summed E-state index contributed by atoms with van der Waals surface area (Å²) in [6, 6.07) is 19.5. The van der Waals surface area contributed by atoms with Crippen molar-refractivity contribution in [3.63, 3.8) is 0 Å². The van der Waals surface area contributed by atoms with Gasteiger partial charge < -0.3 is 0 Å². The lowest BCUT2D eigenvalue weighted by molar-refractivity contribution is 0.565. The predicted octanol–water partition coefficient (Wildman–Crippen LogP) is 3.72. The number of aromatic nitrogens is 4. The Morgan fingerprint density at radius 1 is 0.786 bits per heavy atom. The number of benzene rings is 1. The van der Waals surface area contributed by atoms with Crippen molar-refractivity contribution in [2.24, 2.45) is 0 Å². The Morgan fingerprint density at radius 2 is 1.46 bits per heavy atom. The molecule has 0 radical (unpaired) electrons. The predicted molar refractivity (Wildman–Crippen MR) is 105 cm³/mol. The number of hydrogen-bond donors (Lipinski definition) is 0. The highest BCUT2D eigenvalue weighted by Crippen LogP contribution is 2.39. The minimum atomic E-state index is -0.683. The van der Waals surface area contributed by atoms with Gasteiger partial charge in [0, 0.05) is 37.2 Å². The molecule has 5 nitrogen and oxygen atoms in total. The summed E-state index contributed by atoms with van der Waals surface area (Å²) in [5.41, 5.74) is 2.89. The fourth-order valence-electron chi connectivity index (χ4n) is 3.51. The Labute approximate surface area is 163 Å². The molecule has 0 unspecified atom stereocenters. The third kappa shape index (κ3) is 3.24. The topological polar surface area (TPSA) is 75.3 Å². The van der Waals surface area contributed by atoms with Gasteiger partial charge in [0.1, 0.15) is 5.82 Å². The summed E-state index contributed by atoms with van der Waals surface area (Å²) in [4.78, 5) is 17.9. The van der Waals surface area contributed by atoms with Crippen molar-refractivity contribution in [2.45, 2.75) is 11.8 Å². The summed E-state index contributed by atoms with van der Waals surface area (Å²) in [6.45, 7) is 0. The van der Waals surface area contributed by atoms with E-state index in [1.807, 2.05) is 54.9 Å². The van der Waals surface area contributed by atoms with Crippen molar-refractivity contribution in [1.29, 1.82) is 5.26 Å². The van der Waals surface area contributed by atoms with Crippen LogP contribution in [0.15, 0.2) is 91.8 Å². The lowest BCUT2D eigenvalue weighted by atomic mass is 9.70. The van der Waals surface area contributed by atoms with Crippen LogP contribution >= 0.6 is 0 Å². The molecule has 0 atom stereocenters. The SMILES string of the molecule is N#Cc1cccc(CC(c2cccnc2)(c2cccnc2)c2ncccn2)c1. The molecule has 0 bridgehead atoms. The fourth-order valence-corrected chi connectivity index (χ4v) is 3.51. The van der Waals surface area contributed by atoms with Crippen LogP contribution in [0, 0.1) is 11.3 Å². The van der Waals surface area contributed by atoms with Crippen molar-refractivity contribution in [1.82, 2.24) is 19.9 Å². The Bertz CT molecular complexity index is 993. The van der Waals surface area contributed by atoms with Crippen LogP contribution in [0.5, 0.6) is 0 Å². The molecule has 0 N–H and O–H groups in total. The number of hydrogen-bond acceptors (Lipinski definition) is 5. The lowest BCUT2D eigenvalue weighted by Crippen LogP contribution is -2.34. The molecule has 3 heterocycles. The van der Waals surface area contributed by atoms with Crippen LogP contribution in [-0.2, 0) is 11.8 Å². The van der Waals surface area contributed by atoms with Gasteiger partial charge in [-0.05, 0) is 53.4 Å². The summed E-state index contributed by atoms with van der Waals surface area (Å²) in [6.07, 6.45) is 11.3. The second-order valence-electron chi connectivity index (χ2n) is 6.45. The van der Waals surface area contributed by atoms with E-state index < -0.39 is 5.41 Å². The van der Waals surface area contributed by atoms with Gasteiger partial charge in [0.05, 0.1) is 17.0 Å². The van der Waals surface area contributed by atoms with Crippen molar-refractivity contribution >= 4 is 0 Å². The van der Waals surface area contributed by atoms with Crippen LogP contribution in [0.25, 0.3) is 0 Å². The van der Waals surface area contributed by atoms with Crippen LogP contribution in [0.4, 0.5) is 0 Å². The third-order valence-corrected chi connectivity index (χ3v) is 4.78. The highest BCUT2D eigenvalue weighted by atomic mass is 14.9. The van der Waals surface area contributed by atoms with E-state index in [-0.39, 0.29) is 0 Å². The zero-order chi connectivity index (χ0) is 19.2. The summed E-state index contributed by atoms with van der Waals surface area (Å²) in [5, 5.41) is 9.32. The zero-order valence-corrected chi connectivity index (χ0v) is 15.1. The van der Waals surface area contributed by atoms with Crippen molar-refractivity contribution in [2.75, 3.05) is 0 Å². The van der Waals surface area contributed by atoms with E-state index in [0.29, 0.717) is 17.8 Å². The highest BCUT2D eigenvalue weighted by Gasteiger charge is 2.40. The van der Waals surface area contributed by atoms with Gasteiger partial charge in [0.2, 0.25) is 0 Å². The molecule has 5 heteroatoms. The quantitative estimate of drug-likeness (QED) is 0.540. The molecule has 1 aromatic carbocycles. The Balaban J connectivity index is 1.99. The summed E-state index contributed by atoms with van der Waals surface area (Å²) < 4.78 is 0. The van der Waals surface area contributed by atoms with Gasteiger partial charge in [0.25, 0.3) is 0 Å². The van der Waals surface area contributed by atoms with Gasteiger partial charge in [-0.1, -0.05) is 24.3 Å². The van der Waals surface area contributed by atoms with E-state index in [1.165, 1.54) is 0 Å². The molecule has 0 saturated carbocycles. The molecule has 0 aliphatic carbocycles. The van der Waals surface area contributed by atoms with Gasteiger partial charge in [-0.15, -0.1) is 0 Å². The lowest BCUT2D eigenvalue weighted by Gasteiger charge is -2.33. The Hall–Kier alpha value is -3.91. The molecule has 0 aliphatic rings. The average molecular weight is 363 g/mol. The minimum Gasteiger partial charge on any atom is -0.264 e. The van der Waals surface area contributed by atoms with Gasteiger partial charge in [-0.25, -0.2) is 9.97 Å². The van der Waals surface area contributed by atoms with Crippen LogP contribution in [-0.4, -0.2) is 19.9 Å². The summed E-state index contributed by atoms with van der Waals surface area (Å²) >= 11 is 0. The molecule has 0 fully saturated rings. The first-order chi connectivity index (χ1) is 13.8. The molecular formula is C23H17N5. The van der Waals surface area contributed by atoms with Gasteiger partial charge in [-0.2, -0.15) is 5.26 Å². The molecule has 0 aliphatic heterocycles. The average Bonchev–Trinajstić information content (AvgIpc) is 2.79. The Morgan fingerprint density at radius 3 is 2.04 bits per heavy atom. The number of pyridine rings is 2. The van der Waals surface area contributed by atoms with Crippen LogP contribution < -0.4 is 0 Å². The molecule has 4 rings (SSSR count). The molecule has 28 heavy (non-hydrogen) atoms. The van der Waals surface area contributed by atoms with Gasteiger partial charge >= 0.3 is 0 Å². The fraction of sp³-hybridized carbons (Fsp3) is 0.0870. The first-order valence-corrected chi connectivity index (χ1v) is 8.90. The normalized spacial score (nSPS) is 11.0. The van der Waals surface area contributed by atoms with Gasteiger partial charge in [0.15, 0.2) is 0 Å². The second-order valence-corrected chi connectivity index (χ2v) is 6.45. The summed E-state index contributed by atoms with van der Waals surface area (Å²) in [5.74, 6) is 0.665. The number of rotatable bonds is 5. The van der Waals surface area contributed by atoms with E-state index >= 15 is 0 Å². The van der Waals surface area contributed by atoms with E-state index in [0.717, 1.165) is 16.7 Å². The molecule has 3 aromatic heterocycles. The first kappa shape index (κ1) is 17.5. The summed E-state index contributed by atoms with van der Waals surface area (Å²) in [7, 11) is 0. The van der Waals surface area contributed by atoms with Crippen molar-refractivity contribution in [3.05, 3.63) is 120 Å². The van der Waals surface area contributed by atoms with Crippen molar-refractivity contribution in [3.8, 4) is 6.07 Å². The molecule has 0 saturated heterocycles. The van der Waals surface area contributed by atoms with Crippen molar-refractivity contribution < 1.29 is 0 Å². The smallest absolute Gasteiger partial charge is 0.143 e.